The number of ether oxygens (including phenoxy) is 1. The predicted molar refractivity (Wildman–Crippen MR) is 83.8 cm³/mol. The van der Waals surface area contributed by atoms with Crippen molar-refractivity contribution in [2.75, 3.05) is 11.9 Å². The van der Waals surface area contributed by atoms with Gasteiger partial charge in [-0.1, -0.05) is 24.3 Å². The van der Waals surface area contributed by atoms with Gasteiger partial charge in [0.25, 0.3) is 0 Å². The minimum Gasteiger partial charge on any atom is -0.494 e. The van der Waals surface area contributed by atoms with Crippen molar-refractivity contribution in [1.29, 1.82) is 0 Å². The number of nitrogens with one attached hydrogen (secondary N) is 1. The van der Waals surface area contributed by atoms with E-state index < -0.39 is 0 Å². The number of benzene rings is 2. The molecular formula is C16H18BrNO. The summed E-state index contributed by atoms with van der Waals surface area (Å²) in [6.07, 6.45) is 0. The summed E-state index contributed by atoms with van der Waals surface area (Å²) >= 11 is 3.60. The summed E-state index contributed by atoms with van der Waals surface area (Å²) in [6, 6.07) is 14.4. The van der Waals surface area contributed by atoms with Gasteiger partial charge >= 0.3 is 0 Å². The minimum absolute atomic E-state index is 0.702. The number of aryl methyl sites for hydroxylation is 1. The van der Waals surface area contributed by atoms with E-state index in [9.17, 15) is 0 Å². The van der Waals surface area contributed by atoms with E-state index in [4.69, 9.17) is 4.74 Å². The topological polar surface area (TPSA) is 21.3 Å². The molecule has 0 aliphatic rings. The van der Waals surface area contributed by atoms with E-state index in [-0.39, 0.29) is 0 Å². The number of halogens is 1. The van der Waals surface area contributed by atoms with Crippen LogP contribution in [-0.2, 0) is 6.54 Å². The molecule has 2 nitrogen and oxygen atoms in total. The molecule has 0 saturated carbocycles. The lowest BCUT2D eigenvalue weighted by atomic mass is 10.2. The Labute approximate surface area is 122 Å². The summed E-state index contributed by atoms with van der Waals surface area (Å²) in [5.74, 6) is 0.919. The van der Waals surface area contributed by atoms with Crippen LogP contribution >= 0.6 is 15.9 Å². The van der Waals surface area contributed by atoms with Crippen molar-refractivity contribution in [3.05, 3.63) is 58.1 Å². The highest BCUT2D eigenvalue weighted by Gasteiger charge is 2.02. The monoisotopic (exact) mass is 319 g/mol. The van der Waals surface area contributed by atoms with Crippen molar-refractivity contribution in [2.45, 2.75) is 20.4 Å². The molecular weight excluding hydrogens is 302 g/mol. The van der Waals surface area contributed by atoms with E-state index in [1.807, 2.05) is 19.1 Å². The van der Waals surface area contributed by atoms with Gasteiger partial charge in [0.05, 0.1) is 6.61 Å². The zero-order valence-electron chi connectivity index (χ0n) is 11.2. The first kappa shape index (κ1) is 13.9. The average Bonchev–Trinajstić information content (AvgIpc) is 2.42. The van der Waals surface area contributed by atoms with E-state index in [1.54, 1.807) is 0 Å². The van der Waals surface area contributed by atoms with Crippen LogP contribution < -0.4 is 10.1 Å². The van der Waals surface area contributed by atoms with Gasteiger partial charge in [0.1, 0.15) is 5.75 Å². The van der Waals surface area contributed by atoms with Crippen LogP contribution in [0.3, 0.4) is 0 Å². The highest BCUT2D eigenvalue weighted by atomic mass is 79.9. The quantitative estimate of drug-likeness (QED) is 0.857. The Hall–Kier alpha value is -1.48. The summed E-state index contributed by atoms with van der Waals surface area (Å²) in [5.41, 5.74) is 3.59. The SMILES string of the molecule is CCOc1ccc(CNc2cccc(C)c2Br)cc1. The van der Waals surface area contributed by atoms with E-state index in [0.717, 1.165) is 22.5 Å². The van der Waals surface area contributed by atoms with Crippen LogP contribution in [0, 0.1) is 6.92 Å². The zero-order valence-corrected chi connectivity index (χ0v) is 12.8. The van der Waals surface area contributed by atoms with Crippen molar-refractivity contribution >= 4 is 21.6 Å². The van der Waals surface area contributed by atoms with Crippen LogP contribution in [0.1, 0.15) is 18.1 Å². The third-order valence-electron chi connectivity index (χ3n) is 2.91. The first-order valence-electron chi connectivity index (χ1n) is 6.41. The number of anilines is 1. The molecule has 100 valence electrons. The van der Waals surface area contributed by atoms with Crippen LogP contribution in [-0.4, -0.2) is 6.61 Å². The number of hydrogen-bond acceptors (Lipinski definition) is 2. The molecule has 2 rings (SSSR count). The molecule has 0 atom stereocenters. The summed E-state index contributed by atoms with van der Waals surface area (Å²) in [7, 11) is 0. The molecule has 0 spiro atoms. The second-order valence-electron chi connectivity index (χ2n) is 4.37. The molecule has 1 N–H and O–H groups in total. The third-order valence-corrected chi connectivity index (χ3v) is 3.96. The first-order valence-corrected chi connectivity index (χ1v) is 7.20. The maximum Gasteiger partial charge on any atom is 0.119 e. The van der Waals surface area contributed by atoms with Crippen molar-refractivity contribution in [1.82, 2.24) is 0 Å². The molecule has 19 heavy (non-hydrogen) atoms. The summed E-state index contributed by atoms with van der Waals surface area (Å²) in [6.45, 7) is 5.58. The lowest BCUT2D eigenvalue weighted by Gasteiger charge is -2.11. The number of rotatable bonds is 5. The van der Waals surface area contributed by atoms with Crippen molar-refractivity contribution < 1.29 is 4.74 Å². The van der Waals surface area contributed by atoms with Crippen LogP contribution in [0.15, 0.2) is 46.9 Å². The van der Waals surface area contributed by atoms with E-state index >= 15 is 0 Å². The smallest absolute Gasteiger partial charge is 0.119 e. The van der Waals surface area contributed by atoms with Crippen molar-refractivity contribution in [3.63, 3.8) is 0 Å². The molecule has 0 radical (unpaired) electrons. The van der Waals surface area contributed by atoms with Gasteiger partial charge in [-0.05, 0) is 59.1 Å². The van der Waals surface area contributed by atoms with Crippen LogP contribution in [0.4, 0.5) is 5.69 Å². The van der Waals surface area contributed by atoms with E-state index in [1.165, 1.54) is 11.1 Å². The van der Waals surface area contributed by atoms with E-state index in [0.29, 0.717) is 6.61 Å². The molecule has 0 unspecified atom stereocenters. The largest absolute Gasteiger partial charge is 0.494 e. The van der Waals surface area contributed by atoms with Gasteiger partial charge in [-0.2, -0.15) is 0 Å². The lowest BCUT2D eigenvalue weighted by Crippen LogP contribution is -2.00. The fraction of sp³-hybridized carbons (Fsp3) is 0.250. The molecule has 0 heterocycles. The maximum absolute atomic E-state index is 5.43. The van der Waals surface area contributed by atoms with Crippen LogP contribution in [0.5, 0.6) is 5.75 Å². The molecule has 0 fully saturated rings. The summed E-state index contributed by atoms with van der Waals surface area (Å²) in [5, 5.41) is 3.43. The van der Waals surface area contributed by atoms with Crippen LogP contribution in [0.2, 0.25) is 0 Å². The number of hydrogen-bond donors (Lipinski definition) is 1. The average molecular weight is 320 g/mol. The Bertz CT molecular complexity index is 537. The second-order valence-corrected chi connectivity index (χ2v) is 5.16. The minimum atomic E-state index is 0.702. The molecule has 3 heteroatoms. The second kappa shape index (κ2) is 6.62. The molecule has 0 bridgehead atoms. The normalized spacial score (nSPS) is 10.3. The Morgan fingerprint density at radius 1 is 1.11 bits per heavy atom. The van der Waals surface area contributed by atoms with Crippen molar-refractivity contribution in [3.8, 4) is 5.75 Å². The van der Waals surface area contributed by atoms with Gasteiger partial charge in [0.15, 0.2) is 0 Å². The zero-order chi connectivity index (χ0) is 13.7. The fourth-order valence-electron chi connectivity index (χ4n) is 1.85. The fourth-order valence-corrected chi connectivity index (χ4v) is 2.26. The van der Waals surface area contributed by atoms with Gasteiger partial charge < -0.3 is 10.1 Å². The molecule has 0 aromatic heterocycles. The van der Waals surface area contributed by atoms with Gasteiger partial charge in [-0.3, -0.25) is 0 Å². The Balaban J connectivity index is 2.00. The summed E-state index contributed by atoms with van der Waals surface area (Å²) in [4.78, 5) is 0. The molecule has 0 aliphatic heterocycles. The van der Waals surface area contributed by atoms with Crippen molar-refractivity contribution in [2.24, 2.45) is 0 Å². The third kappa shape index (κ3) is 3.74. The highest BCUT2D eigenvalue weighted by Crippen LogP contribution is 2.26. The molecule has 2 aromatic rings. The van der Waals surface area contributed by atoms with Gasteiger partial charge in [0.2, 0.25) is 0 Å². The Morgan fingerprint density at radius 2 is 1.84 bits per heavy atom. The Morgan fingerprint density at radius 3 is 2.53 bits per heavy atom. The van der Waals surface area contributed by atoms with Gasteiger partial charge in [-0.15, -0.1) is 0 Å². The summed E-state index contributed by atoms with van der Waals surface area (Å²) < 4.78 is 6.56. The Kier molecular flexibility index (Phi) is 4.86. The molecule has 0 amide bonds. The lowest BCUT2D eigenvalue weighted by molar-refractivity contribution is 0.340. The molecule has 2 aromatic carbocycles. The predicted octanol–water partition coefficient (Wildman–Crippen LogP) is 4.77. The maximum atomic E-state index is 5.43. The van der Waals surface area contributed by atoms with E-state index in [2.05, 4.69) is 58.5 Å². The standard InChI is InChI=1S/C16H18BrNO/c1-3-19-14-9-7-13(8-10-14)11-18-15-6-4-5-12(2)16(15)17/h4-10,18H,3,11H2,1-2H3. The molecule has 0 aliphatic carbocycles. The van der Waals surface area contributed by atoms with Crippen LogP contribution in [0.25, 0.3) is 0 Å². The first-order chi connectivity index (χ1) is 9.20. The highest BCUT2D eigenvalue weighted by molar-refractivity contribution is 9.10. The van der Waals surface area contributed by atoms with Gasteiger partial charge in [0, 0.05) is 16.7 Å². The van der Waals surface area contributed by atoms with Gasteiger partial charge in [-0.25, -0.2) is 0 Å². The molecule has 0 saturated heterocycles.